The van der Waals surface area contributed by atoms with Crippen LogP contribution in [0.3, 0.4) is 0 Å². The lowest BCUT2D eigenvalue weighted by Gasteiger charge is -2.31. The highest BCUT2D eigenvalue weighted by atomic mass is 31.1. The zero-order chi connectivity index (χ0) is 17.0. The Morgan fingerprint density at radius 1 is 1.17 bits per heavy atom. The molecule has 3 unspecified atom stereocenters. The minimum absolute atomic E-state index is 0.210. The van der Waals surface area contributed by atoms with E-state index in [1.807, 2.05) is 30.3 Å². The number of rotatable bonds is 6. The highest BCUT2D eigenvalue weighted by Gasteiger charge is 2.30. The Bertz CT molecular complexity index is 669. The molecule has 0 amide bonds. The summed E-state index contributed by atoms with van der Waals surface area (Å²) >= 11 is 0. The van der Waals surface area contributed by atoms with Crippen LogP contribution in [0.5, 0.6) is 11.5 Å². The predicted molar refractivity (Wildman–Crippen MR) is 97.3 cm³/mol. The fraction of sp³-hybridized carbons (Fsp3) is 0.368. The van der Waals surface area contributed by atoms with Gasteiger partial charge >= 0.3 is 0 Å². The van der Waals surface area contributed by atoms with E-state index in [1.165, 1.54) is 0 Å². The molecule has 0 fully saturated rings. The summed E-state index contributed by atoms with van der Waals surface area (Å²) in [5, 5.41) is 21.5. The number of phenols is 1. The molecule has 3 atom stereocenters. The van der Waals surface area contributed by atoms with E-state index < -0.39 is 6.10 Å². The molecule has 0 bridgehead atoms. The first kappa shape index (κ1) is 17.8. The number of hydrogen-bond donors (Lipinski definition) is 2. The van der Waals surface area contributed by atoms with Crippen LogP contribution in [0.15, 0.2) is 42.5 Å². The molecule has 4 heteroatoms. The Labute approximate surface area is 140 Å². The van der Waals surface area contributed by atoms with Crippen molar-refractivity contribution in [2.75, 3.05) is 7.11 Å². The second kappa shape index (κ2) is 7.33. The molecule has 2 N–H and O–H groups in total. The van der Waals surface area contributed by atoms with E-state index in [1.54, 1.807) is 20.1 Å². The molecule has 2 rings (SSSR count). The van der Waals surface area contributed by atoms with E-state index in [4.69, 9.17) is 4.74 Å². The molecule has 3 nitrogen and oxygen atoms in total. The molecule has 0 aliphatic heterocycles. The first-order valence-electron chi connectivity index (χ1n) is 7.84. The molecule has 0 saturated carbocycles. The van der Waals surface area contributed by atoms with Gasteiger partial charge in [0.05, 0.1) is 13.2 Å². The highest BCUT2D eigenvalue weighted by molar-refractivity contribution is 7.48. The first-order valence-corrected chi connectivity index (χ1v) is 8.84. The van der Waals surface area contributed by atoms with Crippen LogP contribution in [0.4, 0.5) is 0 Å². The molecule has 23 heavy (non-hydrogen) atoms. The van der Waals surface area contributed by atoms with Crippen molar-refractivity contribution in [2.45, 2.75) is 38.5 Å². The van der Waals surface area contributed by atoms with E-state index in [0.29, 0.717) is 14.3 Å². The monoisotopic (exact) mass is 332 g/mol. The van der Waals surface area contributed by atoms with E-state index >= 15 is 0 Å². The maximum absolute atomic E-state index is 10.5. The van der Waals surface area contributed by atoms with Gasteiger partial charge in [-0.1, -0.05) is 58.8 Å². The number of methoxy groups -OCH3 is 1. The average molecular weight is 332 g/mol. The Morgan fingerprint density at radius 3 is 2.48 bits per heavy atom. The summed E-state index contributed by atoms with van der Waals surface area (Å²) in [5.74, 6) is 0.706. The third kappa shape index (κ3) is 3.68. The van der Waals surface area contributed by atoms with Gasteiger partial charge in [0.15, 0.2) is 11.5 Å². The lowest BCUT2D eigenvalue weighted by Crippen LogP contribution is -2.21. The number of aliphatic hydroxyl groups is 1. The molecule has 0 aliphatic rings. The van der Waals surface area contributed by atoms with Crippen molar-refractivity contribution in [1.82, 2.24) is 0 Å². The van der Waals surface area contributed by atoms with Gasteiger partial charge in [0, 0.05) is 10.7 Å². The van der Waals surface area contributed by atoms with Crippen LogP contribution in [0.25, 0.3) is 0 Å². The summed E-state index contributed by atoms with van der Waals surface area (Å²) in [6.45, 7) is 6.06. The number of phenolic OH excluding ortho intramolecular Hbond substituents is 1. The van der Waals surface area contributed by atoms with Gasteiger partial charge in [-0.2, -0.15) is 0 Å². The van der Waals surface area contributed by atoms with Crippen LogP contribution in [0, 0.1) is 0 Å². The van der Waals surface area contributed by atoms with E-state index in [9.17, 15) is 10.2 Å². The lowest BCUT2D eigenvalue weighted by molar-refractivity contribution is 0.200. The van der Waals surface area contributed by atoms with Gasteiger partial charge in [0.2, 0.25) is 0 Å². The molecule has 0 aromatic heterocycles. The molecular formula is C19H25O3P. The summed E-state index contributed by atoms with van der Waals surface area (Å²) in [7, 11) is 2.00. The van der Waals surface area contributed by atoms with Gasteiger partial charge in [0.1, 0.15) is 0 Å². The largest absolute Gasteiger partial charge is 0.504 e. The summed E-state index contributed by atoms with van der Waals surface area (Å²) in [6.07, 6.45) is 0.374. The first-order chi connectivity index (χ1) is 10.9. The Balaban J connectivity index is 2.47. The normalized spacial score (nSPS) is 15.5. The Morgan fingerprint density at radius 2 is 1.87 bits per heavy atom. The van der Waals surface area contributed by atoms with E-state index in [2.05, 4.69) is 19.9 Å². The molecule has 0 saturated heterocycles. The van der Waals surface area contributed by atoms with Crippen LogP contribution in [-0.4, -0.2) is 17.3 Å². The molecule has 124 valence electrons. The quantitative estimate of drug-likeness (QED) is 0.784. The second-order valence-corrected chi connectivity index (χ2v) is 7.82. The van der Waals surface area contributed by atoms with E-state index in [0.717, 1.165) is 22.9 Å². The van der Waals surface area contributed by atoms with Gasteiger partial charge in [-0.05, 0) is 30.3 Å². The lowest BCUT2D eigenvalue weighted by atomic mass is 9.96. The molecule has 0 radical (unpaired) electrons. The van der Waals surface area contributed by atoms with Crippen molar-refractivity contribution in [3.63, 3.8) is 0 Å². The minimum atomic E-state index is -0.501. The molecule has 2 aromatic carbocycles. The van der Waals surface area contributed by atoms with Crippen molar-refractivity contribution in [1.29, 1.82) is 0 Å². The standard InChI is InChI=1S/C19H25O3P/c1-5-19(3,15-10-8-11-16(22-4)18(15)21)23-17-12-7-6-9-14(17)13(2)20/h6-13,20-21,23H,5H2,1-4H3. The summed E-state index contributed by atoms with van der Waals surface area (Å²) < 4.78 is 5.25. The average Bonchev–Trinajstić information content (AvgIpc) is 2.55. The van der Waals surface area contributed by atoms with Crippen molar-refractivity contribution in [2.24, 2.45) is 0 Å². The van der Waals surface area contributed by atoms with Crippen molar-refractivity contribution < 1.29 is 14.9 Å². The van der Waals surface area contributed by atoms with Gasteiger partial charge in [-0.3, -0.25) is 0 Å². The number of benzene rings is 2. The number of para-hydroxylation sites is 1. The third-order valence-corrected chi connectivity index (χ3v) is 6.24. The van der Waals surface area contributed by atoms with Crippen LogP contribution < -0.4 is 10.0 Å². The third-order valence-electron chi connectivity index (χ3n) is 4.34. The van der Waals surface area contributed by atoms with Gasteiger partial charge in [0.25, 0.3) is 0 Å². The smallest absolute Gasteiger partial charge is 0.161 e. The zero-order valence-corrected chi connectivity index (χ0v) is 15.1. The Kier molecular flexibility index (Phi) is 5.67. The number of ether oxygens (including phenoxy) is 1. The molecular weight excluding hydrogens is 307 g/mol. The number of aliphatic hydroxyl groups excluding tert-OH is 1. The van der Waals surface area contributed by atoms with Crippen molar-refractivity contribution in [3.05, 3.63) is 53.6 Å². The number of aromatic hydroxyl groups is 1. The van der Waals surface area contributed by atoms with E-state index in [-0.39, 0.29) is 10.9 Å². The molecule has 2 aromatic rings. The minimum Gasteiger partial charge on any atom is -0.504 e. The molecule has 0 heterocycles. The van der Waals surface area contributed by atoms with Gasteiger partial charge in [-0.25, -0.2) is 0 Å². The predicted octanol–water partition coefficient (Wildman–Crippen LogP) is 4.08. The fourth-order valence-electron chi connectivity index (χ4n) is 2.75. The van der Waals surface area contributed by atoms with Crippen molar-refractivity contribution >= 4 is 13.9 Å². The number of hydrogen-bond acceptors (Lipinski definition) is 3. The second-order valence-electron chi connectivity index (χ2n) is 5.93. The van der Waals surface area contributed by atoms with Gasteiger partial charge in [-0.15, -0.1) is 0 Å². The molecule has 0 aliphatic carbocycles. The maximum Gasteiger partial charge on any atom is 0.161 e. The van der Waals surface area contributed by atoms with Gasteiger partial charge < -0.3 is 14.9 Å². The summed E-state index contributed by atoms with van der Waals surface area (Å²) in [5.41, 5.74) is 1.84. The molecule has 0 spiro atoms. The maximum atomic E-state index is 10.5. The van der Waals surface area contributed by atoms with Crippen LogP contribution in [0.2, 0.25) is 0 Å². The fourth-order valence-corrected chi connectivity index (χ4v) is 4.47. The SMILES string of the molecule is CCC(C)(Pc1ccccc1C(C)O)c1cccc(OC)c1O. The van der Waals surface area contributed by atoms with Crippen LogP contribution in [0.1, 0.15) is 44.4 Å². The Hall–Kier alpha value is -1.57. The highest BCUT2D eigenvalue weighted by Crippen LogP contribution is 2.49. The topological polar surface area (TPSA) is 49.7 Å². The van der Waals surface area contributed by atoms with Crippen LogP contribution in [-0.2, 0) is 5.16 Å². The summed E-state index contributed by atoms with van der Waals surface area (Å²) in [4.78, 5) is 0. The summed E-state index contributed by atoms with van der Waals surface area (Å²) in [6, 6.07) is 13.6. The zero-order valence-electron chi connectivity index (χ0n) is 14.1. The van der Waals surface area contributed by atoms with Crippen molar-refractivity contribution in [3.8, 4) is 11.5 Å². The van der Waals surface area contributed by atoms with Crippen LogP contribution >= 0.6 is 8.58 Å².